The molecule has 0 spiro atoms. The lowest BCUT2D eigenvalue weighted by molar-refractivity contribution is 0.0160. The van der Waals surface area contributed by atoms with Crippen LogP contribution in [0, 0.1) is 16.7 Å². The third kappa shape index (κ3) is 5.38. The average Bonchev–Trinajstić information content (AvgIpc) is 2.47. The van der Waals surface area contributed by atoms with Crippen LogP contribution in [0.25, 0.3) is 0 Å². The van der Waals surface area contributed by atoms with Gasteiger partial charge in [0.1, 0.15) is 11.8 Å². The molecule has 5 nitrogen and oxygen atoms in total. The van der Waals surface area contributed by atoms with Gasteiger partial charge in [0.2, 0.25) is 0 Å². The van der Waals surface area contributed by atoms with Crippen LogP contribution in [-0.2, 0) is 11.3 Å². The van der Waals surface area contributed by atoms with E-state index in [-0.39, 0.29) is 5.41 Å². The van der Waals surface area contributed by atoms with Gasteiger partial charge in [-0.15, -0.1) is 0 Å². The first kappa shape index (κ1) is 16.9. The van der Waals surface area contributed by atoms with Crippen LogP contribution in [0.2, 0.25) is 0 Å². The Balaban J connectivity index is 1.86. The zero-order valence-corrected chi connectivity index (χ0v) is 13.9. The first-order chi connectivity index (χ1) is 10.5. The lowest BCUT2D eigenvalue weighted by Gasteiger charge is -2.37. The van der Waals surface area contributed by atoms with Gasteiger partial charge in [0.05, 0.1) is 18.9 Å². The average molecular weight is 302 g/mol. The Labute approximate surface area is 133 Å². The molecule has 2 heterocycles. The second kappa shape index (κ2) is 7.68. The van der Waals surface area contributed by atoms with Crippen molar-refractivity contribution in [1.29, 1.82) is 5.26 Å². The van der Waals surface area contributed by atoms with E-state index < -0.39 is 0 Å². The number of ether oxygens (including phenoxy) is 1. The van der Waals surface area contributed by atoms with Crippen molar-refractivity contribution in [3.63, 3.8) is 0 Å². The Kier molecular flexibility index (Phi) is 5.90. The number of hydrogen-bond donors (Lipinski definition) is 0. The van der Waals surface area contributed by atoms with Crippen LogP contribution >= 0.6 is 0 Å². The van der Waals surface area contributed by atoms with Crippen molar-refractivity contribution < 1.29 is 4.74 Å². The topological polar surface area (TPSA) is 52.4 Å². The molecule has 1 aliphatic heterocycles. The summed E-state index contributed by atoms with van der Waals surface area (Å²) in [5.74, 6) is 0. The van der Waals surface area contributed by atoms with Crippen LogP contribution in [-0.4, -0.2) is 61.2 Å². The zero-order chi connectivity index (χ0) is 16.0. The van der Waals surface area contributed by atoms with Gasteiger partial charge in [0, 0.05) is 32.7 Å². The molecule has 120 valence electrons. The zero-order valence-electron chi connectivity index (χ0n) is 13.9. The molecule has 5 heteroatoms. The third-order valence-electron chi connectivity index (χ3n) is 3.81. The molecule has 1 aromatic heterocycles. The minimum Gasteiger partial charge on any atom is -0.379 e. The SMILES string of the molecule is CN(Cc1cccc(C#N)n1)CC(C)(C)CN1CCOCC1. The van der Waals surface area contributed by atoms with E-state index in [0.29, 0.717) is 5.69 Å². The summed E-state index contributed by atoms with van der Waals surface area (Å²) >= 11 is 0. The molecule has 1 fully saturated rings. The van der Waals surface area contributed by atoms with Crippen molar-refractivity contribution in [3.8, 4) is 6.07 Å². The predicted octanol–water partition coefficient (Wildman–Crippen LogP) is 1.74. The van der Waals surface area contributed by atoms with Gasteiger partial charge in [-0.05, 0) is 24.6 Å². The van der Waals surface area contributed by atoms with E-state index in [1.54, 1.807) is 6.07 Å². The van der Waals surface area contributed by atoms with Crippen LogP contribution in [0.4, 0.5) is 0 Å². The first-order valence-electron chi connectivity index (χ1n) is 7.83. The number of morpholine rings is 1. The quantitative estimate of drug-likeness (QED) is 0.801. The number of hydrogen-bond acceptors (Lipinski definition) is 5. The number of nitriles is 1. The number of aromatic nitrogens is 1. The van der Waals surface area contributed by atoms with E-state index in [4.69, 9.17) is 10.00 Å². The van der Waals surface area contributed by atoms with Gasteiger partial charge in [-0.3, -0.25) is 9.80 Å². The standard InChI is InChI=1S/C17H26N4O/c1-17(2,14-21-7-9-22-10-8-21)13-20(3)12-16-6-4-5-15(11-18)19-16/h4-6H,7-10,12-14H2,1-3H3. The first-order valence-corrected chi connectivity index (χ1v) is 7.83. The molecule has 0 N–H and O–H groups in total. The van der Waals surface area contributed by atoms with Crippen LogP contribution in [0.3, 0.4) is 0 Å². The fraction of sp³-hybridized carbons (Fsp3) is 0.647. The van der Waals surface area contributed by atoms with E-state index in [1.807, 2.05) is 12.1 Å². The molecular weight excluding hydrogens is 276 g/mol. The Bertz CT molecular complexity index is 518. The summed E-state index contributed by atoms with van der Waals surface area (Å²) in [7, 11) is 2.11. The highest BCUT2D eigenvalue weighted by atomic mass is 16.5. The fourth-order valence-electron chi connectivity index (χ4n) is 3.11. The smallest absolute Gasteiger partial charge is 0.140 e. The Morgan fingerprint density at radius 1 is 1.36 bits per heavy atom. The maximum absolute atomic E-state index is 8.92. The van der Waals surface area contributed by atoms with Crippen molar-refractivity contribution in [3.05, 3.63) is 29.6 Å². The molecule has 1 saturated heterocycles. The predicted molar refractivity (Wildman–Crippen MR) is 86.3 cm³/mol. The molecule has 22 heavy (non-hydrogen) atoms. The lowest BCUT2D eigenvalue weighted by atomic mass is 9.91. The molecule has 1 aromatic rings. The van der Waals surface area contributed by atoms with E-state index >= 15 is 0 Å². The van der Waals surface area contributed by atoms with Gasteiger partial charge < -0.3 is 4.74 Å². The summed E-state index contributed by atoms with van der Waals surface area (Å²) in [6.45, 7) is 11.2. The normalized spacial score (nSPS) is 16.7. The largest absolute Gasteiger partial charge is 0.379 e. The van der Waals surface area contributed by atoms with Gasteiger partial charge in [-0.2, -0.15) is 5.26 Å². The summed E-state index contributed by atoms with van der Waals surface area (Å²) in [4.78, 5) is 9.11. The van der Waals surface area contributed by atoms with E-state index in [1.165, 1.54) is 0 Å². The van der Waals surface area contributed by atoms with E-state index in [2.05, 4.69) is 41.7 Å². The van der Waals surface area contributed by atoms with E-state index in [9.17, 15) is 0 Å². The number of pyridine rings is 1. The Morgan fingerprint density at radius 3 is 2.77 bits per heavy atom. The molecule has 0 saturated carbocycles. The van der Waals surface area contributed by atoms with Crippen molar-refractivity contribution in [2.24, 2.45) is 5.41 Å². The molecule has 0 bridgehead atoms. The summed E-state index contributed by atoms with van der Waals surface area (Å²) < 4.78 is 5.41. The maximum atomic E-state index is 8.92. The van der Waals surface area contributed by atoms with Gasteiger partial charge in [-0.25, -0.2) is 4.98 Å². The lowest BCUT2D eigenvalue weighted by Crippen LogP contribution is -2.45. The molecule has 1 aliphatic rings. The van der Waals surface area contributed by atoms with Crippen molar-refractivity contribution >= 4 is 0 Å². The molecular formula is C17H26N4O. The third-order valence-corrected chi connectivity index (χ3v) is 3.81. The van der Waals surface area contributed by atoms with Crippen LogP contribution in [0.5, 0.6) is 0 Å². The summed E-state index contributed by atoms with van der Waals surface area (Å²) in [5.41, 5.74) is 1.64. The monoisotopic (exact) mass is 302 g/mol. The summed E-state index contributed by atoms with van der Waals surface area (Å²) in [6.07, 6.45) is 0. The highest BCUT2D eigenvalue weighted by Gasteiger charge is 2.24. The molecule has 0 aromatic carbocycles. The molecule has 0 aliphatic carbocycles. The number of rotatable bonds is 6. The molecule has 0 unspecified atom stereocenters. The second-order valence-corrected chi connectivity index (χ2v) is 6.85. The minimum atomic E-state index is 0.207. The second-order valence-electron chi connectivity index (χ2n) is 6.85. The Morgan fingerprint density at radius 2 is 2.09 bits per heavy atom. The van der Waals surface area contributed by atoms with Gasteiger partial charge >= 0.3 is 0 Å². The van der Waals surface area contributed by atoms with Crippen molar-refractivity contribution in [2.45, 2.75) is 20.4 Å². The molecule has 0 radical (unpaired) electrons. The van der Waals surface area contributed by atoms with Crippen molar-refractivity contribution in [1.82, 2.24) is 14.8 Å². The van der Waals surface area contributed by atoms with Gasteiger partial charge in [-0.1, -0.05) is 19.9 Å². The number of nitrogens with zero attached hydrogens (tertiary/aromatic N) is 4. The maximum Gasteiger partial charge on any atom is 0.140 e. The minimum absolute atomic E-state index is 0.207. The van der Waals surface area contributed by atoms with Crippen LogP contribution < -0.4 is 0 Å². The molecule has 2 rings (SSSR count). The highest BCUT2D eigenvalue weighted by molar-refractivity contribution is 5.22. The van der Waals surface area contributed by atoms with Gasteiger partial charge in [0.25, 0.3) is 0 Å². The van der Waals surface area contributed by atoms with Gasteiger partial charge in [0.15, 0.2) is 0 Å². The van der Waals surface area contributed by atoms with Crippen molar-refractivity contribution in [2.75, 3.05) is 46.4 Å². The Hall–Kier alpha value is -1.48. The van der Waals surface area contributed by atoms with Crippen LogP contribution in [0.15, 0.2) is 18.2 Å². The summed E-state index contributed by atoms with van der Waals surface area (Å²) in [5, 5.41) is 8.92. The van der Waals surface area contributed by atoms with Crippen LogP contribution in [0.1, 0.15) is 25.2 Å². The van der Waals surface area contributed by atoms with E-state index in [0.717, 1.165) is 51.6 Å². The fourth-order valence-corrected chi connectivity index (χ4v) is 3.11. The molecule has 0 amide bonds. The highest BCUT2D eigenvalue weighted by Crippen LogP contribution is 2.20. The summed E-state index contributed by atoms with van der Waals surface area (Å²) in [6, 6.07) is 7.71. The molecule has 0 atom stereocenters.